The molecular weight excluding hydrogens is 444 g/mol. The minimum atomic E-state index is -3.67. The zero-order valence-electron chi connectivity index (χ0n) is 16.4. The van der Waals surface area contributed by atoms with Crippen molar-refractivity contribution in [3.63, 3.8) is 0 Å². The number of hydrogen-bond donors (Lipinski definition) is 0. The summed E-state index contributed by atoms with van der Waals surface area (Å²) in [4.78, 5) is 38.2. The summed E-state index contributed by atoms with van der Waals surface area (Å²) in [5.41, 5.74) is 0.563. The number of benzene rings is 2. The smallest absolute Gasteiger partial charge is 0.310 e. The number of hydrogen-bond acceptors (Lipinski definition) is 6. The fourth-order valence-corrected chi connectivity index (χ4v) is 5.29. The molecule has 0 radical (unpaired) electrons. The number of sulfonamides is 1. The van der Waals surface area contributed by atoms with E-state index in [4.69, 9.17) is 16.3 Å². The van der Waals surface area contributed by atoms with E-state index in [1.54, 1.807) is 24.3 Å². The van der Waals surface area contributed by atoms with Gasteiger partial charge in [-0.2, -0.15) is 4.31 Å². The number of rotatable bonds is 5. The molecule has 0 aromatic heterocycles. The van der Waals surface area contributed by atoms with Crippen LogP contribution in [0.3, 0.4) is 0 Å². The number of halogens is 1. The van der Waals surface area contributed by atoms with Crippen molar-refractivity contribution in [2.75, 3.05) is 19.8 Å². The molecular formula is C21H19ClN2O6S. The average molecular weight is 463 g/mol. The summed E-state index contributed by atoms with van der Waals surface area (Å²) >= 11 is 5.82. The number of ether oxygens (including phenoxy) is 1. The maximum Gasteiger partial charge on any atom is 0.310 e. The molecule has 2 aliphatic rings. The molecule has 0 bridgehead atoms. The molecule has 4 rings (SSSR count). The SMILES string of the molecule is O=C(OCN1C(=O)c2ccccc2C1=O)C1CCN(S(=O)(=O)c2ccc(Cl)cc2)CC1. The fourth-order valence-electron chi connectivity index (χ4n) is 3.69. The Labute approximate surface area is 184 Å². The summed E-state index contributed by atoms with van der Waals surface area (Å²) in [5, 5.41) is 0.443. The quantitative estimate of drug-likeness (QED) is 0.500. The molecule has 0 atom stereocenters. The van der Waals surface area contributed by atoms with Crippen molar-refractivity contribution in [2.24, 2.45) is 5.92 Å². The molecule has 2 aromatic rings. The normalized spacial score (nSPS) is 17.6. The molecule has 2 aromatic carbocycles. The van der Waals surface area contributed by atoms with Gasteiger partial charge in [0.15, 0.2) is 6.73 Å². The second kappa shape index (κ2) is 8.41. The highest BCUT2D eigenvalue weighted by atomic mass is 35.5. The van der Waals surface area contributed by atoms with Gasteiger partial charge in [0.2, 0.25) is 10.0 Å². The topological polar surface area (TPSA) is 101 Å². The molecule has 10 heteroatoms. The van der Waals surface area contributed by atoms with E-state index in [2.05, 4.69) is 0 Å². The van der Waals surface area contributed by atoms with E-state index in [1.165, 1.54) is 28.6 Å². The van der Waals surface area contributed by atoms with Crippen LogP contribution < -0.4 is 0 Å². The number of esters is 1. The van der Waals surface area contributed by atoms with Crippen LogP contribution in [-0.2, 0) is 19.6 Å². The van der Waals surface area contributed by atoms with Gasteiger partial charge in [0, 0.05) is 18.1 Å². The fraction of sp³-hybridized carbons (Fsp3) is 0.286. The Morgan fingerprint density at radius 1 is 0.968 bits per heavy atom. The van der Waals surface area contributed by atoms with Crippen LogP contribution in [0.4, 0.5) is 0 Å². The van der Waals surface area contributed by atoms with Crippen molar-refractivity contribution in [2.45, 2.75) is 17.7 Å². The second-order valence-corrected chi connectivity index (χ2v) is 9.68. The lowest BCUT2D eigenvalue weighted by molar-refractivity contribution is -0.152. The van der Waals surface area contributed by atoms with E-state index in [9.17, 15) is 22.8 Å². The summed E-state index contributed by atoms with van der Waals surface area (Å²) in [5.74, 6) is -2.07. The molecule has 8 nitrogen and oxygen atoms in total. The summed E-state index contributed by atoms with van der Waals surface area (Å²) in [6.45, 7) is -0.135. The standard InChI is InChI=1S/C21H19ClN2O6S/c22-15-5-7-16(8-6-15)31(28,29)23-11-9-14(10-12-23)21(27)30-13-24-19(25)17-3-1-2-4-18(17)20(24)26/h1-8,14H,9-13H2. The molecule has 1 fully saturated rings. The first-order valence-corrected chi connectivity index (χ1v) is 11.5. The second-order valence-electron chi connectivity index (χ2n) is 7.31. The number of amides is 2. The number of carbonyl (C=O) groups excluding carboxylic acids is 3. The Bertz CT molecular complexity index is 1110. The van der Waals surface area contributed by atoms with Crippen molar-refractivity contribution >= 4 is 39.4 Å². The summed E-state index contributed by atoms with van der Waals surface area (Å²) < 4.78 is 32.0. The van der Waals surface area contributed by atoms with E-state index >= 15 is 0 Å². The number of fused-ring (bicyclic) bond motifs is 1. The molecule has 2 heterocycles. The van der Waals surface area contributed by atoms with Gasteiger partial charge < -0.3 is 4.74 Å². The predicted molar refractivity (Wildman–Crippen MR) is 111 cm³/mol. The van der Waals surface area contributed by atoms with Crippen LogP contribution in [-0.4, -0.2) is 55.2 Å². The monoisotopic (exact) mass is 462 g/mol. The highest BCUT2D eigenvalue weighted by Crippen LogP contribution is 2.26. The first kappa shape index (κ1) is 21.5. The van der Waals surface area contributed by atoms with Crippen molar-refractivity contribution in [3.8, 4) is 0 Å². The van der Waals surface area contributed by atoms with Crippen LogP contribution in [0.5, 0.6) is 0 Å². The molecule has 162 valence electrons. The highest BCUT2D eigenvalue weighted by molar-refractivity contribution is 7.89. The van der Waals surface area contributed by atoms with Gasteiger partial charge in [-0.1, -0.05) is 23.7 Å². The maximum atomic E-state index is 12.7. The molecule has 0 saturated carbocycles. The van der Waals surface area contributed by atoms with Gasteiger partial charge in [-0.3, -0.25) is 14.4 Å². The van der Waals surface area contributed by atoms with E-state index in [0.29, 0.717) is 5.02 Å². The molecule has 0 spiro atoms. The third-order valence-corrected chi connectivity index (χ3v) is 7.62. The predicted octanol–water partition coefficient (Wildman–Crippen LogP) is 2.54. The van der Waals surface area contributed by atoms with Gasteiger partial charge in [-0.15, -0.1) is 0 Å². The lowest BCUT2D eigenvalue weighted by Gasteiger charge is -2.30. The number of imide groups is 1. The number of nitrogens with zero attached hydrogens (tertiary/aromatic N) is 2. The van der Waals surface area contributed by atoms with E-state index < -0.39 is 40.5 Å². The van der Waals surface area contributed by atoms with Crippen molar-refractivity contribution < 1.29 is 27.5 Å². The van der Waals surface area contributed by atoms with Crippen LogP contribution in [0.2, 0.25) is 5.02 Å². The van der Waals surface area contributed by atoms with Crippen LogP contribution in [0, 0.1) is 5.92 Å². The van der Waals surface area contributed by atoms with Gasteiger partial charge >= 0.3 is 5.97 Å². The van der Waals surface area contributed by atoms with Crippen LogP contribution in [0.15, 0.2) is 53.4 Å². The van der Waals surface area contributed by atoms with Crippen LogP contribution >= 0.6 is 11.6 Å². The van der Waals surface area contributed by atoms with Crippen LogP contribution in [0.25, 0.3) is 0 Å². The van der Waals surface area contributed by atoms with Crippen molar-refractivity contribution in [3.05, 3.63) is 64.7 Å². The van der Waals surface area contributed by atoms with Gasteiger partial charge in [0.25, 0.3) is 11.8 Å². The number of carbonyl (C=O) groups is 3. The van der Waals surface area contributed by atoms with Gasteiger partial charge in [0.1, 0.15) is 0 Å². The first-order valence-electron chi connectivity index (χ1n) is 9.66. The van der Waals surface area contributed by atoms with Gasteiger partial charge in [-0.05, 0) is 49.2 Å². The molecule has 2 aliphatic heterocycles. The molecule has 31 heavy (non-hydrogen) atoms. The van der Waals surface area contributed by atoms with Gasteiger partial charge in [-0.25, -0.2) is 13.3 Å². The molecule has 0 aliphatic carbocycles. The lowest BCUT2D eigenvalue weighted by atomic mass is 9.98. The number of piperidine rings is 1. The molecule has 0 N–H and O–H groups in total. The minimum absolute atomic E-state index is 0.142. The Kier molecular flexibility index (Phi) is 5.83. The summed E-state index contributed by atoms with van der Waals surface area (Å²) in [6, 6.07) is 12.3. The lowest BCUT2D eigenvalue weighted by Crippen LogP contribution is -2.41. The van der Waals surface area contributed by atoms with Crippen molar-refractivity contribution in [1.82, 2.24) is 9.21 Å². The van der Waals surface area contributed by atoms with E-state index in [1.807, 2.05) is 0 Å². The van der Waals surface area contributed by atoms with E-state index in [0.717, 1.165) is 4.90 Å². The highest BCUT2D eigenvalue weighted by Gasteiger charge is 2.37. The summed E-state index contributed by atoms with van der Waals surface area (Å²) in [6.07, 6.45) is 0.571. The third kappa shape index (κ3) is 4.08. The average Bonchev–Trinajstić information content (AvgIpc) is 3.02. The van der Waals surface area contributed by atoms with Crippen molar-refractivity contribution in [1.29, 1.82) is 0 Å². The van der Waals surface area contributed by atoms with Crippen LogP contribution in [0.1, 0.15) is 33.6 Å². The first-order chi connectivity index (χ1) is 14.8. The zero-order chi connectivity index (χ0) is 22.2. The molecule has 2 amide bonds. The molecule has 0 unspecified atom stereocenters. The minimum Gasteiger partial charge on any atom is -0.443 e. The van der Waals surface area contributed by atoms with Gasteiger partial charge in [0.05, 0.1) is 21.9 Å². The Morgan fingerprint density at radius 3 is 2.06 bits per heavy atom. The third-order valence-electron chi connectivity index (χ3n) is 5.45. The maximum absolute atomic E-state index is 12.7. The Morgan fingerprint density at radius 2 is 1.52 bits per heavy atom. The largest absolute Gasteiger partial charge is 0.443 e. The Balaban J connectivity index is 1.32. The zero-order valence-corrected chi connectivity index (χ0v) is 17.9. The van der Waals surface area contributed by atoms with E-state index in [-0.39, 0.29) is 42.0 Å². The molecule has 1 saturated heterocycles. The summed E-state index contributed by atoms with van der Waals surface area (Å²) in [7, 11) is -3.67. The Hall–Kier alpha value is -2.75.